The van der Waals surface area contributed by atoms with Crippen LogP contribution in [-0.2, 0) is 5.41 Å². The van der Waals surface area contributed by atoms with E-state index in [2.05, 4.69) is 67.6 Å². The first-order valence-electron chi connectivity index (χ1n) is 7.58. The molecule has 0 amide bonds. The summed E-state index contributed by atoms with van der Waals surface area (Å²) in [6.07, 6.45) is 1.09. The molecule has 0 fully saturated rings. The maximum Gasteiger partial charge on any atom is 0.132 e. The predicted molar refractivity (Wildman–Crippen MR) is 91.4 cm³/mol. The Hall–Kier alpha value is -2.03. The number of hydrogen-bond donors (Lipinski definition) is 2. The van der Waals surface area contributed by atoms with Crippen molar-refractivity contribution in [1.82, 2.24) is 4.98 Å². The van der Waals surface area contributed by atoms with Crippen LogP contribution in [0, 0.1) is 0 Å². The normalized spacial score (nSPS) is 11.2. The van der Waals surface area contributed by atoms with Crippen LogP contribution >= 0.6 is 0 Å². The average Bonchev–Trinajstić information content (AvgIpc) is 2.45. The summed E-state index contributed by atoms with van der Waals surface area (Å²) in [5.41, 5.74) is 2.51. The molecule has 1 heterocycles. The van der Waals surface area contributed by atoms with Crippen LogP contribution in [0.3, 0.4) is 0 Å². The van der Waals surface area contributed by atoms with Gasteiger partial charge in [-0.15, -0.1) is 0 Å². The lowest BCUT2D eigenvalue weighted by molar-refractivity contribution is 0.592. The Kier molecular flexibility index (Phi) is 4.84. The zero-order chi connectivity index (χ0) is 15.3. The van der Waals surface area contributed by atoms with Crippen LogP contribution in [0.5, 0.6) is 0 Å². The Morgan fingerprint density at radius 2 is 1.67 bits per heavy atom. The molecule has 21 heavy (non-hydrogen) atoms. The van der Waals surface area contributed by atoms with Crippen LogP contribution in [0.2, 0.25) is 0 Å². The van der Waals surface area contributed by atoms with E-state index in [1.807, 2.05) is 18.2 Å². The zero-order valence-electron chi connectivity index (χ0n) is 13.4. The first-order valence-corrected chi connectivity index (χ1v) is 7.58. The molecule has 0 saturated carbocycles. The summed E-state index contributed by atoms with van der Waals surface area (Å²) in [5.74, 6) is 1.78. The van der Waals surface area contributed by atoms with Gasteiger partial charge in [-0.05, 0) is 35.6 Å². The van der Waals surface area contributed by atoms with E-state index in [0.717, 1.165) is 30.3 Å². The van der Waals surface area contributed by atoms with Crippen molar-refractivity contribution in [2.24, 2.45) is 0 Å². The van der Waals surface area contributed by atoms with Crippen molar-refractivity contribution in [2.75, 3.05) is 17.2 Å². The molecule has 1 aromatic carbocycles. The lowest BCUT2D eigenvalue weighted by atomic mass is 9.86. The molecule has 2 aromatic rings. The number of para-hydroxylation sites is 1. The minimum Gasteiger partial charge on any atom is -0.370 e. The van der Waals surface area contributed by atoms with Crippen LogP contribution in [0.15, 0.2) is 42.5 Å². The maximum absolute atomic E-state index is 4.61. The smallest absolute Gasteiger partial charge is 0.132 e. The van der Waals surface area contributed by atoms with Gasteiger partial charge in [-0.2, -0.15) is 0 Å². The Morgan fingerprint density at radius 1 is 0.952 bits per heavy atom. The molecule has 0 aliphatic rings. The molecule has 3 nitrogen and oxygen atoms in total. The van der Waals surface area contributed by atoms with E-state index in [1.165, 1.54) is 5.56 Å². The van der Waals surface area contributed by atoms with Crippen molar-refractivity contribution in [2.45, 2.75) is 39.5 Å². The number of aromatic nitrogens is 1. The highest BCUT2D eigenvalue weighted by Gasteiger charge is 2.17. The van der Waals surface area contributed by atoms with Gasteiger partial charge in [-0.1, -0.05) is 52.0 Å². The van der Waals surface area contributed by atoms with E-state index >= 15 is 0 Å². The summed E-state index contributed by atoms with van der Waals surface area (Å²) in [6.45, 7) is 9.75. The standard InChI is InChI=1S/C18H25N3/c1-5-13-19-16-11-8-12-17(21-16)20-15-10-7-6-9-14(15)18(2,3)4/h6-12H,5,13H2,1-4H3,(H2,19,20,21). The fourth-order valence-electron chi connectivity index (χ4n) is 2.24. The van der Waals surface area contributed by atoms with Crippen molar-refractivity contribution in [3.63, 3.8) is 0 Å². The van der Waals surface area contributed by atoms with Crippen molar-refractivity contribution in [3.05, 3.63) is 48.0 Å². The second-order valence-electron chi connectivity index (χ2n) is 6.26. The van der Waals surface area contributed by atoms with Crippen LogP contribution in [0.25, 0.3) is 0 Å². The van der Waals surface area contributed by atoms with Crippen LogP contribution in [-0.4, -0.2) is 11.5 Å². The second-order valence-corrected chi connectivity index (χ2v) is 6.26. The van der Waals surface area contributed by atoms with E-state index in [1.54, 1.807) is 0 Å². The zero-order valence-corrected chi connectivity index (χ0v) is 13.4. The quantitative estimate of drug-likeness (QED) is 0.815. The summed E-state index contributed by atoms with van der Waals surface area (Å²) in [5, 5.41) is 6.76. The van der Waals surface area contributed by atoms with Gasteiger partial charge < -0.3 is 10.6 Å². The topological polar surface area (TPSA) is 37.0 Å². The minimum atomic E-state index is 0.0989. The average molecular weight is 283 g/mol. The Bertz CT molecular complexity index is 585. The van der Waals surface area contributed by atoms with Crippen molar-refractivity contribution < 1.29 is 0 Å². The molecule has 3 heteroatoms. The number of anilines is 3. The highest BCUT2D eigenvalue weighted by molar-refractivity contribution is 5.63. The summed E-state index contributed by atoms with van der Waals surface area (Å²) in [6, 6.07) is 14.4. The summed E-state index contributed by atoms with van der Waals surface area (Å²) >= 11 is 0. The molecule has 0 saturated heterocycles. The van der Waals surface area contributed by atoms with E-state index in [9.17, 15) is 0 Å². The number of benzene rings is 1. The molecule has 2 N–H and O–H groups in total. The molecule has 0 atom stereocenters. The Morgan fingerprint density at radius 3 is 2.38 bits per heavy atom. The van der Waals surface area contributed by atoms with Crippen LogP contribution < -0.4 is 10.6 Å². The fourth-order valence-corrected chi connectivity index (χ4v) is 2.24. The third-order valence-corrected chi connectivity index (χ3v) is 3.30. The van der Waals surface area contributed by atoms with E-state index in [0.29, 0.717) is 0 Å². The van der Waals surface area contributed by atoms with Gasteiger partial charge in [0.15, 0.2) is 0 Å². The van der Waals surface area contributed by atoms with E-state index in [4.69, 9.17) is 0 Å². The molecule has 0 unspecified atom stereocenters. The molecule has 112 valence electrons. The van der Waals surface area contributed by atoms with Crippen molar-refractivity contribution in [3.8, 4) is 0 Å². The number of rotatable bonds is 5. The molecule has 0 spiro atoms. The maximum atomic E-state index is 4.61. The number of pyridine rings is 1. The highest BCUT2D eigenvalue weighted by atomic mass is 15.1. The van der Waals surface area contributed by atoms with E-state index < -0.39 is 0 Å². The SMILES string of the molecule is CCCNc1cccc(Nc2ccccc2C(C)(C)C)n1. The first-order chi connectivity index (χ1) is 10.0. The lowest BCUT2D eigenvalue weighted by Crippen LogP contribution is -2.13. The van der Waals surface area contributed by atoms with Gasteiger partial charge in [-0.3, -0.25) is 0 Å². The molecule has 0 aliphatic carbocycles. The summed E-state index contributed by atoms with van der Waals surface area (Å²) in [7, 11) is 0. The lowest BCUT2D eigenvalue weighted by Gasteiger charge is -2.23. The number of hydrogen-bond acceptors (Lipinski definition) is 3. The van der Waals surface area contributed by atoms with Gasteiger partial charge >= 0.3 is 0 Å². The first kappa shape index (κ1) is 15.4. The van der Waals surface area contributed by atoms with Crippen LogP contribution in [0.1, 0.15) is 39.7 Å². The monoisotopic (exact) mass is 283 g/mol. The minimum absolute atomic E-state index is 0.0989. The largest absolute Gasteiger partial charge is 0.370 e. The molecule has 1 aromatic heterocycles. The highest BCUT2D eigenvalue weighted by Crippen LogP contribution is 2.30. The molecule has 2 rings (SSSR count). The van der Waals surface area contributed by atoms with Gasteiger partial charge in [-0.25, -0.2) is 4.98 Å². The predicted octanol–water partition coefficient (Wildman–Crippen LogP) is 4.94. The molecule has 0 radical (unpaired) electrons. The van der Waals surface area contributed by atoms with Crippen LogP contribution in [0.4, 0.5) is 17.3 Å². The third kappa shape index (κ3) is 4.22. The van der Waals surface area contributed by atoms with Gasteiger partial charge in [0.05, 0.1) is 0 Å². The summed E-state index contributed by atoms with van der Waals surface area (Å²) in [4.78, 5) is 4.61. The van der Waals surface area contributed by atoms with Gasteiger partial charge in [0, 0.05) is 12.2 Å². The van der Waals surface area contributed by atoms with E-state index in [-0.39, 0.29) is 5.41 Å². The van der Waals surface area contributed by atoms with Gasteiger partial charge in [0.1, 0.15) is 11.6 Å². The molecular weight excluding hydrogens is 258 g/mol. The summed E-state index contributed by atoms with van der Waals surface area (Å²) < 4.78 is 0. The van der Waals surface area contributed by atoms with Gasteiger partial charge in [0.25, 0.3) is 0 Å². The van der Waals surface area contributed by atoms with Gasteiger partial charge in [0.2, 0.25) is 0 Å². The fraction of sp³-hybridized carbons (Fsp3) is 0.389. The number of nitrogens with zero attached hydrogens (tertiary/aromatic N) is 1. The Balaban J connectivity index is 2.23. The number of nitrogens with one attached hydrogen (secondary N) is 2. The molecule has 0 aliphatic heterocycles. The van der Waals surface area contributed by atoms with Crippen molar-refractivity contribution >= 4 is 17.3 Å². The Labute approximate surface area is 127 Å². The molecule has 0 bridgehead atoms. The second kappa shape index (κ2) is 6.61. The molecular formula is C18H25N3. The van der Waals surface area contributed by atoms with Crippen molar-refractivity contribution in [1.29, 1.82) is 0 Å². The third-order valence-electron chi connectivity index (χ3n) is 3.30.